The van der Waals surface area contributed by atoms with E-state index in [1.165, 1.54) is 0 Å². The van der Waals surface area contributed by atoms with Crippen LogP contribution in [0.3, 0.4) is 0 Å². The van der Waals surface area contributed by atoms with Gasteiger partial charge in [0.05, 0.1) is 0 Å². The molecular weight excluding hydrogens is 232 g/mol. The molecule has 1 aromatic rings. The van der Waals surface area contributed by atoms with Crippen LogP contribution in [0.2, 0.25) is 0 Å². The minimum atomic E-state index is 0.0610. The Labute approximate surface area is 107 Å². The van der Waals surface area contributed by atoms with Gasteiger partial charge in [0, 0.05) is 30.1 Å². The van der Waals surface area contributed by atoms with E-state index < -0.39 is 0 Å². The highest BCUT2D eigenvalue weighted by atomic mass is 32.2. The molecule has 4 heteroatoms. The van der Waals surface area contributed by atoms with Gasteiger partial charge in [-0.2, -0.15) is 11.8 Å². The maximum atomic E-state index is 12.2. The average molecular weight is 252 g/mol. The predicted molar refractivity (Wildman–Crippen MR) is 75.4 cm³/mol. The van der Waals surface area contributed by atoms with Crippen LogP contribution in [0.5, 0.6) is 0 Å². The van der Waals surface area contributed by atoms with Gasteiger partial charge in [-0.05, 0) is 36.9 Å². The number of hydrogen-bond acceptors (Lipinski definition) is 3. The van der Waals surface area contributed by atoms with Gasteiger partial charge in [-0.1, -0.05) is 6.92 Å². The first-order valence-electron chi connectivity index (χ1n) is 5.71. The summed E-state index contributed by atoms with van der Waals surface area (Å²) >= 11 is 1.76. The maximum absolute atomic E-state index is 12.2. The summed E-state index contributed by atoms with van der Waals surface area (Å²) in [5.41, 5.74) is 6.98. The van der Waals surface area contributed by atoms with E-state index in [0.717, 1.165) is 12.2 Å². The number of nitrogens with two attached hydrogens (primary N) is 1. The topological polar surface area (TPSA) is 46.3 Å². The molecule has 1 atom stereocenters. The number of anilines is 1. The summed E-state index contributed by atoms with van der Waals surface area (Å²) in [7, 11) is 1.86. The quantitative estimate of drug-likeness (QED) is 0.819. The molecular formula is C13H20N2OS. The molecule has 1 unspecified atom stereocenters. The zero-order valence-electron chi connectivity index (χ0n) is 10.6. The van der Waals surface area contributed by atoms with Gasteiger partial charge in [-0.15, -0.1) is 0 Å². The second-order valence-corrected chi connectivity index (χ2v) is 4.97. The smallest absolute Gasteiger partial charge is 0.253 e. The third kappa shape index (κ3) is 3.66. The molecule has 1 rings (SSSR count). The third-order valence-corrected chi connectivity index (χ3v) is 3.57. The second kappa shape index (κ2) is 6.55. The van der Waals surface area contributed by atoms with Crippen LogP contribution < -0.4 is 5.73 Å². The number of rotatable bonds is 5. The summed E-state index contributed by atoms with van der Waals surface area (Å²) in [5, 5.41) is 0. The fourth-order valence-electron chi connectivity index (χ4n) is 1.69. The van der Waals surface area contributed by atoms with Crippen LogP contribution in [-0.2, 0) is 0 Å². The monoisotopic (exact) mass is 252 g/mol. The molecule has 1 amide bonds. The number of amides is 1. The van der Waals surface area contributed by atoms with Crippen molar-refractivity contribution in [3.63, 3.8) is 0 Å². The van der Waals surface area contributed by atoms with Crippen molar-refractivity contribution in [2.75, 3.05) is 24.8 Å². The van der Waals surface area contributed by atoms with Gasteiger partial charge < -0.3 is 10.6 Å². The number of nitrogen functional groups attached to an aromatic ring is 1. The number of thioether (sulfide) groups is 1. The molecule has 0 saturated carbocycles. The third-order valence-electron chi connectivity index (χ3n) is 2.86. The molecule has 0 saturated heterocycles. The largest absolute Gasteiger partial charge is 0.399 e. The van der Waals surface area contributed by atoms with Crippen molar-refractivity contribution in [1.29, 1.82) is 0 Å². The summed E-state index contributed by atoms with van der Waals surface area (Å²) < 4.78 is 0. The summed E-state index contributed by atoms with van der Waals surface area (Å²) in [6.45, 7) is 2.10. The lowest BCUT2D eigenvalue weighted by Gasteiger charge is -2.26. The first-order chi connectivity index (χ1) is 8.10. The highest BCUT2D eigenvalue weighted by Crippen LogP contribution is 2.13. The van der Waals surface area contributed by atoms with E-state index in [9.17, 15) is 4.79 Å². The molecule has 0 fully saturated rings. The lowest BCUT2D eigenvalue weighted by atomic mass is 10.1. The fourth-order valence-corrected chi connectivity index (χ4v) is 2.54. The molecule has 3 nitrogen and oxygen atoms in total. The van der Waals surface area contributed by atoms with Crippen molar-refractivity contribution in [3.8, 4) is 0 Å². The van der Waals surface area contributed by atoms with Crippen LogP contribution in [0.25, 0.3) is 0 Å². The number of carbonyl (C=O) groups is 1. The van der Waals surface area contributed by atoms with Crippen molar-refractivity contribution in [2.24, 2.45) is 0 Å². The van der Waals surface area contributed by atoms with E-state index in [-0.39, 0.29) is 11.9 Å². The molecule has 0 aromatic heterocycles. The van der Waals surface area contributed by atoms with Gasteiger partial charge in [-0.25, -0.2) is 0 Å². The molecule has 0 aliphatic carbocycles. The average Bonchev–Trinajstić information content (AvgIpc) is 2.35. The lowest BCUT2D eigenvalue weighted by molar-refractivity contribution is 0.0743. The predicted octanol–water partition coefficient (Wildman–Crippen LogP) is 2.48. The number of benzene rings is 1. The van der Waals surface area contributed by atoms with Crippen LogP contribution in [0.1, 0.15) is 23.7 Å². The summed E-state index contributed by atoms with van der Waals surface area (Å²) in [6.07, 6.45) is 3.03. The Hall–Kier alpha value is -1.16. The SMILES string of the molecule is CCC(CSC)N(C)C(=O)c1ccc(N)cc1. The zero-order chi connectivity index (χ0) is 12.8. The highest BCUT2D eigenvalue weighted by molar-refractivity contribution is 7.98. The molecule has 0 heterocycles. The van der Waals surface area contributed by atoms with E-state index in [2.05, 4.69) is 13.2 Å². The minimum Gasteiger partial charge on any atom is -0.399 e. The Morgan fingerprint density at radius 1 is 1.41 bits per heavy atom. The van der Waals surface area contributed by atoms with Crippen molar-refractivity contribution in [3.05, 3.63) is 29.8 Å². The van der Waals surface area contributed by atoms with E-state index in [4.69, 9.17) is 5.73 Å². The Balaban J connectivity index is 2.77. The fraction of sp³-hybridized carbons (Fsp3) is 0.462. The molecule has 0 radical (unpaired) electrons. The van der Waals surface area contributed by atoms with Crippen molar-refractivity contribution in [1.82, 2.24) is 4.90 Å². The summed E-state index contributed by atoms with van der Waals surface area (Å²) in [5.74, 6) is 1.03. The van der Waals surface area contributed by atoms with Gasteiger partial charge in [0.15, 0.2) is 0 Å². The molecule has 0 spiro atoms. The van der Waals surface area contributed by atoms with Gasteiger partial charge >= 0.3 is 0 Å². The van der Waals surface area contributed by atoms with Crippen LogP contribution in [0.4, 0.5) is 5.69 Å². The molecule has 0 aliphatic rings. The maximum Gasteiger partial charge on any atom is 0.253 e. The van der Waals surface area contributed by atoms with Crippen molar-refractivity contribution in [2.45, 2.75) is 19.4 Å². The second-order valence-electron chi connectivity index (χ2n) is 4.06. The zero-order valence-corrected chi connectivity index (χ0v) is 11.5. The van der Waals surface area contributed by atoms with Crippen LogP contribution in [0, 0.1) is 0 Å². The first-order valence-corrected chi connectivity index (χ1v) is 7.11. The Morgan fingerprint density at radius 3 is 2.47 bits per heavy atom. The standard InChI is InChI=1S/C13H20N2OS/c1-4-12(9-17-3)15(2)13(16)10-5-7-11(14)8-6-10/h5-8,12H,4,9,14H2,1-3H3. The highest BCUT2D eigenvalue weighted by Gasteiger charge is 2.18. The van der Waals surface area contributed by atoms with Crippen LogP contribution >= 0.6 is 11.8 Å². The molecule has 17 heavy (non-hydrogen) atoms. The van der Waals surface area contributed by atoms with Gasteiger partial charge in [0.2, 0.25) is 0 Å². The minimum absolute atomic E-state index is 0.0610. The Kier molecular flexibility index (Phi) is 5.35. The normalized spacial score (nSPS) is 12.2. The Morgan fingerprint density at radius 2 is 2.00 bits per heavy atom. The summed E-state index contributed by atoms with van der Waals surface area (Å²) in [4.78, 5) is 14.0. The van der Waals surface area contributed by atoms with E-state index in [0.29, 0.717) is 11.3 Å². The van der Waals surface area contributed by atoms with E-state index in [1.807, 2.05) is 11.9 Å². The molecule has 0 bridgehead atoms. The summed E-state index contributed by atoms with van der Waals surface area (Å²) in [6, 6.07) is 7.36. The molecule has 94 valence electrons. The van der Waals surface area contributed by atoms with E-state index in [1.54, 1.807) is 36.0 Å². The van der Waals surface area contributed by atoms with Gasteiger partial charge in [-0.3, -0.25) is 4.79 Å². The van der Waals surface area contributed by atoms with Crippen molar-refractivity contribution >= 4 is 23.4 Å². The molecule has 0 aliphatic heterocycles. The van der Waals surface area contributed by atoms with Gasteiger partial charge in [0.25, 0.3) is 5.91 Å². The van der Waals surface area contributed by atoms with Crippen molar-refractivity contribution < 1.29 is 4.79 Å². The Bertz CT molecular complexity index is 364. The van der Waals surface area contributed by atoms with Crippen LogP contribution in [-0.4, -0.2) is 35.9 Å². The number of hydrogen-bond donors (Lipinski definition) is 1. The lowest BCUT2D eigenvalue weighted by Crippen LogP contribution is -2.38. The van der Waals surface area contributed by atoms with Crippen LogP contribution in [0.15, 0.2) is 24.3 Å². The number of carbonyl (C=O) groups excluding carboxylic acids is 1. The molecule has 2 N–H and O–H groups in total. The number of nitrogens with zero attached hydrogens (tertiary/aromatic N) is 1. The molecule has 1 aromatic carbocycles. The first kappa shape index (κ1) is 13.9. The van der Waals surface area contributed by atoms with E-state index >= 15 is 0 Å². The van der Waals surface area contributed by atoms with Gasteiger partial charge in [0.1, 0.15) is 0 Å².